The molecule has 0 aromatic carbocycles. The minimum atomic E-state index is -0.0914. The van der Waals surface area contributed by atoms with Crippen molar-refractivity contribution in [2.24, 2.45) is 0 Å². The molecule has 2 saturated heterocycles. The number of aromatic nitrogens is 3. The molecule has 1 N–H and O–H groups in total. The minimum Gasteiger partial charge on any atom is -0.378 e. The minimum absolute atomic E-state index is 0.0492. The Hall–Kier alpha value is -2.19. The van der Waals surface area contributed by atoms with E-state index in [1.807, 2.05) is 4.90 Å². The van der Waals surface area contributed by atoms with Crippen LogP contribution in [0.4, 0.5) is 0 Å². The number of aromatic amines is 1. The first-order valence-electron chi connectivity index (χ1n) is 8.88. The van der Waals surface area contributed by atoms with Crippen LogP contribution in [0.3, 0.4) is 0 Å². The number of likely N-dealkylation sites (tertiary alicyclic amines) is 1. The first kappa shape index (κ1) is 16.3. The van der Waals surface area contributed by atoms with Crippen LogP contribution in [0.1, 0.15) is 31.0 Å². The average Bonchev–Trinajstić information content (AvgIpc) is 3.12. The van der Waals surface area contributed by atoms with Crippen LogP contribution < -0.4 is 5.56 Å². The highest BCUT2D eigenvalue weighted by Crippen LogP contribution is 2.29. The van der Waals surface area contributed by atoms with Crippen LogP contribution in [0.25, 0.3) is 5.78 Å². The van der Waals surface area contributed by atoms with Crippen LogP contribution in [0.15, 0.2) is 23.3 Å². The predicted octanol–water partition coefficient (Wildman–Crippen LogP) is 0.408. The maximum atomic E-state index is 12.6. The van der Waals surface area contributed by atoms with Gasteiger partial charge in [-0.2, -0.15) is 0 Å². The molecule has 134 valence electrons. The zero-order valence-electron chi connectivity index (χ0n) is 14.2. The van der Waals surface area contributed by atoms with Crippen molar-refractivity contribution in [2.45, 2.75) is 25.3 Å². The Bertz CT molecular complexity index is 808. The second-order valence-electron chi connectivity index (χ2n) is 6.66. The summed E-state index contributed by atoms with van der Waals surface area (Å²) in [6, 6.07) is 1.68. The topological polar surface area (TPSA) is 82.9 Å². The standard InChI is InChI=1S/C17H23N5O3/c23-15-11-13(19-17-18-4-6-22(15)17)14-3-1-2-5-21(14)12-16(24)20-7-9-25-10-8-20/h4,6,11,14H,1-3,5,7-10,12H2,(H,18,19)/t14-/m0/s1. The van der Waals surface area contributed by atoms with E-state index in [0.717, 1.165) is 31.5 Å². The van der Waals surface area contributed by atoms with E-state index < -0.39 is 0 Å². The van der Waals surface area contributed by atoms with Gasteiger partial charge in [-0.05, 0) is 19.4 Å². The highest BCUT2D eigenvalue weighted by atomic mass is 16.5. The molecule has 0 aliphatic carbocycles. The van der Waals surface area contributed by atoms with Crippen LogP contribution in [0.5, 0.6) is 0 Å². The number of amides is 1. The molecule has 8 heteroatoms. The van der Waals surface area contributed by atoms with E-state index in [1.165, 1.54) is 4.40 Å². The zero-order chi connectivity index (χ0) is 17.2. The molecule has 0 radical (unpaired) electrons. The molecule has 8 nitrogen and oxygen atoms in total. The van der Waals surface area contributed by atoms with E-state index in [4.69, 9.17) is 4.74 Å². The summed E-state index contributed by atoms with van der Waals surface area (Å²) < 4.78 is 6.82. The molecule has 25 heavy (non-hydrogen) atoms. The third kappa shape index (κ3) is 3.32. The van der Waals surface area contributed by atoms with E-state index in [2.05, 4.69) is 14.9 Å². The van der Waals surface area contributed by atoms with Crippen molar-refractivity contribution in [3.05, 3.63) is 34.5 Å². The summed E-state index contributed by atoms with van der Waals surface area (Å²) in [7, 11) is 0. The van der Waals surface area contributed by atoms with Gasteiger partial charge in [0.05, 0.1) is 25.8 Å². The summed E-state index contributed by atoms with van der Waals surface area (Å²) in [4.78, 5) is 36.4. The molecule has 4 rings (SSSR count). The number of imidazole rings is 1. The summed E-state index contributed by atoms with van der Waals surface area (Å²) in [5.41, 5.74) is 0.754. The predicted molar refractivity (Wildman–Crippen MR) is 91.4 cm³/mol. The van der Waals surface area contributed by atoms with Gasteiger partial charge in [-0.1, -0.05) is 6.42 Å². The summed E-state index contributed by atoms with van der Waals surface area (Å²) in [5.74, 6) is 0.687. The molecule has 1 amide bonds. The van der Waals surface area contributed by atoms with E-state index in [9.17, 15) is 9.59 Å². The van der Waals surface area contributed by atoms with E-state index in [-0.39, 0.29) is 17.5 Å². The molecule has 2 fully saturated rings. The number of ether oxygens (including phenoxy) is 1. The monoisotopic (exact) mass is 345 g/mol. The Kier molecular flexibility index (Phi) is 4.54. The van der Waals surface area contributed by atoms with Gasteiger partial charge in [0, 0.05) is 37.2 Å². The molecule has 4 heterocycles. The summed E-state index contributed by atoms with van der Waals surface area (Å²) in [6.07, 6.45) is 6.36. The molecule has 0 unspecified atom stereocenters. The molecule has 2 aliphatic heterocycles. The number of hydrogen-bond acceptors (Lipinski definition) is 5. The Morgan fingerprint density at radius 2 is 2.12 bits per heavy atom. The Balaban J connectivity index is 1.55. The summed E-state index contributed by atoms with van der Waals surface area (Å²) in [5, 5.41) is 0. The fourth-order valence-electron chi connectivity index (χ4n) is 3.74. The third-order valence-corrected chi connectivity index (χ3v) is 5.09. The molecule has 1 atom stereocenters. The van der Waals surface area contributed by atoms with Crippen molar-refractivity contribution in [2.75, 3.05) is 39.4 Å². The van der Waals surface area contributed by atoms with E-state index in [0.29, 0.717) is 38.6 Å². The number of morpholine rings is 1. The molecule has 0 saturated carbocycles. The van der Waals surface area contributed by atoms with Crippen molar-refractivity contribution < 1.29 is 9.53 Å². The van der Waals surface area contributed by atoms with E-state index >= 15 is 0 Å². The van der Waals surface area contributed by atoms with Crippen molar-refractivity contribution in [3.8, 4) is 0 Å². The van der Waals surface area contributed by atoms with Crippen molar-refractivity contribution >= 4 is 11.7 Å². The molecule has 2 aromatic heterocycles. The van der Waals surface area contributed by atoms with Crippen molar-refractivity contribution in [3.63, 3.8) is 0 Å². The fraction of sp³-hybridized carbons (Fsp3) is 0.588. The van der Waals surface area contributed by atoms with Gasteiger partial charge in [0.1, 0.15) is 0 Å². The molecular formula is C17H23N5O3. The second-order valence-corrected chi connectivity index (χ2v) is 6.66. The van der Waals surface area contributed by atoms with Crippen LogP contribution in [-0.2, 0) is 9.53 Å². The number of H-pyrrole nitrogens is 1. The number of hydrogen-bond donors (Lipinski definition) is 1. The number of carbonyl (C=O) groups excluding carboxylic acids is 1. The van der Waals surface area contributed by atoms with Gasteiger partial charge in [-0.3, -0.25) is 18.9 Å². The number of rotatable bonds is 3. The Labute approximate surface area is 145 Å². The van der Waals surface area contributed by atoms with Crippen LogP contribution in [0.2, 0.25) is 0 Å². The SMILES string of the molecule is O=C(CN1CCCC[C@H]1c1cc(=O)n2ccnc2[nH]1)N1CCOCC1. The molecule has 2 aliphatic rings. The summed E-state index contributed by atoms with van der Waals surface area (Å²) >= 11 is 0. The fourth-order valence-corrected chi connectivity index (χ4v) is 3.74. The normalized spacial score (nSPS) is 22.4. The van der Waals surface area contributed by atoms with Gasteiger partial charge in [-0.15, -0.1) is 0 Å². The van der Waals surface area contributed by atoms with E-state index in [1.54, 1.807) is 18.5 Å². The number of nitrogens with zero attached hydrogens (tertiary/aromatic N) is 4. The van der Waals surface area contributed by atoms with Gasteiger partial charge in [0.25, 0.3) is 5.56 Å². The largest absolute Gasteiger partial charge is 0.378 e. The molecular weight excluding hydrogens is 322 g/mol. The lowest BCUT2D eigenvalue weighted by Crippen LogP contribution is -2.47. The lowest BCUT2D eigenvalue weighted by molar-refractivity contribution is -0.137. The van der Waals surface area contributed by atoms with Gasteiger partial charge in [-0.25, -0.2) is 4.98 Å². The number of piperidine rings is 1. The smallest absolute Gasteiger partial charge is 0.259 e. The van der Waals surface area contributed by atoms with Gasteiger partial charge < -0.3 is 14.6 Å². The highest BCUT2D eigenvalue weighted by Gasteiger charge is 2.29. The highest BCUT2D eigenvalue weighted by molar-refractivity contribution is 5.78. The maximum Gasteiger partial charge on any atom is 0.259 e. The number of fused-ring (bicyclic) bond motifs is 1. The first-order chi connectivity index (χ1) is 12.2. The molecule has 2 aromatic rings. The lowest BCUT2D eigenvalue weighted by Gasteiger charge is -2.37. The Morgan fingerprint density at radius 1 is 1.28 bits per heavy atom. The van der Waals surface area contributed by atoms with Crippen LogP contribution in [0, 0.1) is 0 Å². The quantitative estimate of drug-likeness (QED) is 0.871. The zero-order valence-corrected chi connectivity index (χ0v) is 14.2. The molecule has 0 bridgehead atoms. The van der Waals surface area contributed by atoms with Crippen molar-refractivity contribution in [1.29, 1.82) is 0 Å². The second kappa shape index (κ2) is 6.97. The first-order valence-corrected chi connectivity index (χ1v) is 8.88. The lowest BCUT2D eigenvalue weighted by atomic mass is 9.99. The van der Waals surface area contributed by atoms with Gasteiger partial charge in [0.2, 0.25) is 11.7 Å². The van der Waals surface area contributed by atoms with Crippen LogP contribution in [-0.4, -0.2) is 69.5 Å². The van der Waals surface area contributed by atoms with Gasteiger partial charge in [0.15, 0.2) is 0 Å². The summed E-state index contributed by atoms with van der Waals surface area (Å²) in [6.45, 7) is 3.79. The van der Waals surface area contributed by atoms with Crippen molar-refractivity contribution in [1.82, 2.24) is 24.2 Å². The Morgan fingerprint density at radius 3 is 2.96 bits per heavy atom. The maximum absolute atomic E-state index is 12.6. The van der Waals surface area contributed by atoms with Crippen LogP contribution >= 0.6 is 0 Å². The molecule has 0 spiro atoms. The van der Waals surface area contributed by atoms with Gasteiger partial charge >= 0.3 is 0 Å². The average molecular weight is 345 g/mol. The number of nitrogens with one attached hydrogen (secondary N) is 1. The number of carbonyl (C=O) groups is 1. The third-order valence-electron chi connectivity index (χ3n) is 5.09.